The maximum absolute atomic E-state index is 12.0. The molecule has 0 heterocycles. The van der Waals surface area contributed by atoms with Crippen molar-refractivity contribution in [3.8, 4) is 5.75 Å². The molecule has 0 spiro atoms. The van der Waals surface area contributed by atoms with Gasteiger partial charge < -0.3 is 9.47 Å². The van der Waals surface area contributed by atoms with Gasteiger partial charge in [-0.15, -0.1) is 0 Å². The first-order chi connectivity index (χ1) is 10.2. The van der Waals surface area contributed by atoms with Crippen LogP contribution in [0.3, 0.4) is 0 Å². The van der Waals surface area contributed by atoms with Crippen LogP contribution in [0.1, 0.15) is 20.3 Å². The van der Waals surface area contributed by atoms with E-state index in [1.54, 1.807) is 38.1 Å². The van der Waals surface area contributed by atoms with Gasteiger partial charge in [0.05, 0.1) is 12.4 Å². The molecule has 1 N–H and O–H groups in total. The van der Waals surface area contributed by atoms with Gasteiger partial charge in [0.1, 0.15) is 5.75 Å². The summed E-state index contributed by atoms with van der Waals surface area (Å²) < 4.78 is 35.3. The average Bonchev–Trinajstić information content (AvgIpc) is 2.45. The number of hydrogen-bond donors (Lipinski definition) is 1. The number of benzene rings is 1. The highest BCUT2D eigenvalue weighted by atomic mass is 35.5. The van der Waals surface area contributed by atoms with Gasteiger partial charge in [0.2, 0.25) is 10.0 Å². The van der Waals surface area contributed by atoms with E-state index in [1.165, 1.54) is 7.05 Å². The van der Waals surface area contributed by atoms with Gasteiger partial charge in [-0.2, -0.15) is 0 Å². The van der Waals surface area contributed by atoms with Gasteiger partial charge in [0.25, 0.3) is 0 Å². The summed E-state index contributed by atoms with van der Waals surface area (Å²) in [5.74, 6) is -0.177. The van der Waals surface area contributed by atoms with Crippen LogP contribution in [0, 0.1) is 0 Å². The van der Waals surface area contributed by atoms with Crippen LogP contribution < -0.4 is 9.46 Å². The summed E-state index contributed by atoms with van der Waals surface area (Å²) in [5.41, 5.74) is -1.18. The number of nitrogens with one attached hydrogen (secondary N) is 1. The molecule has 0 aliphatic carbocycles. The standard InChI is InChI=1S/C14H20ClNO5S/c1-14(2,21-12-7-5-11(15)6-8-12)13(17)20-9-4-10-22(18,19)16-3/h5-8,16H,4,9-10H2,1-3H3. The zero-order chi connectivity index (χ0) is 16.8. The monoisotopic (exact) mass is 349 g/mol. The lowest BCUT2D eigenvalue weighted by atomic mass is 10.1. The summed E-state index contributed by atoms with van der Waals surface area (Å²) in [4.78, 5) is 12.0. The van der Waals surface area contributed by atoms with Crippen molar-refractivity contribution in [1.29, 1.82) is 0 Å². The van der Waals surface area contributed by atoms with E-state index in [9.17, 15) is 13.2 Å². The molecule has 124 valence electrons. The normalized spacial score (nSPS) is 12.0. The Morgan fingerprint density at radius 2 is 1.86 bits per heavy atom. The van der Waals surface area contributed by atoms with Gasteiger partial charge in [0.15, 0.2) is 5.60 Å². The molecule has 1 rings (SSSR count). The highest BCUT2D eigenvalue weighted by Crippen LogP contribution is 2.21. The lowest BCUT2D eigenvalue weighted by Crippen LogP contribution is -2.40. The second-order valence-electron chi connectivity index (χ2n) is 5.08. The molecule has 8 heteroatoms. The molecule has 0 aromatic heterocycles. The summed E-state index contributed by atoms with van der Waals surface area (Å²) in [6.07, 6.45) is 0.214. The summed E-state index contributed by atoms with van der Waals surface area (Å²) in [6, 6.07) is 6.61. The third kappa shape index (κ3) is 6.21. The number of halogens is 1. The third-order valence-corrected chi connectivity index (χ3v) is 4.48. The number of sulfonamides is 1. The average molecular weight is 350 g/mol. The molecule has 0 saturated carbocycles. The molecule has 0 radical (unpaired) electrons. The highest BCUT2D eigenvalue weighted by molar-refractivity contribution is 7.89. The van der Waals surface area contributed by atoms with Crippen LogP contribution in [0.15, 0.2) is 24.3 Å². The van der Waals surface area contributed by atoms with Gasteiger partial charge >= 0.3 is 5.97 Å². The Morgan fingerprint density at radius 3 is 2.41 bits per heavy atom. The largest absolute Gasteiger partial charge is 0.476 e. The smallest absolute Gasteiger partial charge is 0.349 e. The lowest BCUT2D eigenvalue weighted by Gasteiger charge is -2.24. The minimum absolute atomic E-state index is 0.00709. The molecule has 0 fully saturated rings. The fourth-order valence-electron chi connectivity index (χ4n) is 1.53. The summed E-state index contributed by atoms with van der Waals surface area (Å²) >= 11 is 5.78. The van der Waals surface area contributed by atoms with Crippen molar-refractivity contribution in [3.63, 3.8) is 0 Å². The molecule has 0 atom stereocenters. The number of carbonyl (C=O) groups is 1. The van der Waals surface area contributed by atoms with Crippen LogP contribution in [-0.2, 0) is 19.6 Å². The number of rotatable bonds is 8. The van der Waals surface area contributed by atoms with Gasteiger partial charge in [-0.1, -0.05) is 11.6 Å². The Bertz CT molecular complexity index is 598. The van der Waals surface area contributed by atoms with E-state index in [1.807, 2.05) is 0 Å². The molecule has 0 aliphatic rings. The maximum Gasteiger partial charge on any atom is 0.349 e. The lowest BCUT2D eigenvalue weighted by molar-refractivity contribution is -0.159. The van der Waals surface area contributed by atoms with Crippen LogP contribution in [0.2, 0.25) is 5.02 Å². The van der Waals surface area contributed by atoms with Gasteiger partial charge in [-0.05, 0) is 51.6 Å². The number of hydrogen-bond acceptors (Lipinski definition) is 5. The third-order valence-electron chi connectivity index (χ3n) is 2.78. The van der Waals surface area contributed by atoms with E-state index < -0.39 is 21.6 Å². The predicted molar refractivity (Wildman–Crippen MR) is 84.6 cm³/mol. The van der Waals surface area contributed by atoms with E-state index in [2.05, 4.69) is 4.72 Å². The van der Waals surface area contributed by atoms with Crippen molar-refractivity contribution in [2.24, 2.45) is 0 Å². The number of esters is 1. The maximum atomic E-state index is 12.0. The fourth-order valence-corrected chi connectivity index (χ4v) is 2.36. The van der Waals surface area contributed by atoms with E-state index in [-0.39, 0.29) is 18.8 Å². The van der Waals surface area contributed by atoms with E-state index >= 15 is 0 Å². The molecule has 0 amide bonds. The topological polar surface area (TPSA) is 81.7 Å². The van der Waals surface area contributed by atoms with Crippen molar-refractivity contribution in [1.82, 2.24) is 4.72 Å². The minimum atomic E-state index is -3.29. The first-order valence-electron chi connectivity index (χ1n) is 6.69. The zero-order valence-corrected chi connectivity index (χ0v) is 14.3. The number of carbonyl (C=O) groups excluding carboxylic acids is 1. The SMILES string of the molecule is CNS(=O)(=O)CCCOC(=O)C(C)(C)Oc1ccc(Cl)cc1. The Hall–Kier alpha value is -1.31. The van der Waals surface area contributed by atoms with E-state index in [0.717, 1.165) is 0 Å². The molecule has 0 unspecified atom stereocenters. The molecule has 0 saturated heterocycles. The van der Waals surface area contributed by atoms with Crippen molar-refractivity contribution < 1.29 is 22.7 Å². The quantitative estimate of drug-likeness (QED) is 0.573. The van der Waals surface area contributed by atoms with E-state index in [0.29, 0.717) is 10.8 Å². The number of ether oxygens (including phenoxy) is 2. The van der Waals surface area contributed by atoms with Crippen LogP contribution in [-0.4, -0.2) is 39.4 Å². The van der Waals surface area contributed by atoms with Crippen molar-refractivity contribution in [3.05, 3.63) is 29.3 Å². The molecular weight excluding hydrogens is 330 g/mol. The van der Waals surface area contributed by atoms with Gasteiger partial charge in [0, 0.05) is 5.02 Å². The minimum Gasteiger partial charge on any atom is -0.476 e. The van der Waals surface area contributed by atoms with Gasteiger partial charge in [-0.25, -0.2) is 17.9 Å². The van der Waals surface area contributed by atoms with Crippen LogP contribution in [0.25, 0.3) is 0 Å². The second kappa shape index (κ2) is 7.80. The molecule has 1 aromatic carbocycles. The Labute approximate surface area is 135 Å². The Balaban J connectivity index is 2.47. The first kappa shape index (κ1) is 18.7. The van der Waals surface area contributed by atoms with Crippen LogP contribution in [0.5, 0.6) is 5.75 Å². The molecular formula is C14H20ClNO5S. The summed E-state index contributed by atoms with van der Waals surface area (Å²) in [7, 11) is -1.95. The van der Waals surface area contributed by atoms with Crippen molar-refractivity contribution in [2.45, 2.75) is 25.9 Å². The van der Waals surface area contributed by atoms with Crippen LogP contribution >= 0.6 is 11.6 Å². The van der Waals surface area contributed by atoms with Crippen molar-refractivity contribution >= 4 is 27.6 Å². The van der Waals surface area contributed by atoms with E-state index in [4.69, 9.17) is 21.1 Å². The predicted octanol–water partition coefficient (Wildman–Crippen LogP) is 1.98. The van der Waals surface area contributed by atoms with Crippen LogP contribution in [0.4, 0.5) is 0 Å². The molecule has 0 aliphatic heterocycles. The second-order valence-corrected chi connectivity index (χ2v) is 7.56. The zero-order valence-electron chi connectivity index (χ0n) is 12.8. The van der Waals surface area contributed by atoms with Gasteiger partial charge in [-0.3, -0.25) is 0 Å². The fraction of sp³-hybridized carbons (Fsp3) is 0.500. The highest BCUT2D eigenvalue weighted by Gasteiger charge is 2.31. The Morgan fingerprint density at radius 1 is 1.27 bits per heavy atom. The Kier molecular flexibility index (Phi) is 6.65. The summed E-state index contributed by atoms with van der Waals surface area (Å²) in [5, 5.41) is 0.568. The molecule has 0 bridgehead atoms. The molecule has 6 nitrogen and oxygen atoms in total. The first-order valence-corrected chi connectivity index (χ1v) is 8.72. The molecule has 1 aromatic rings. The summed E-state index contributed by atoms with van der Waals surface area (Å²) in [6.45, 7) is 3.16. The van der Waals surface area contributed by atoms with Crippen molar-refractivity contribution in [2.75, 3.05) is 19.4 Å². The molecule has 22 heavy (non-hydrogen) atoms.